The first-order valence-corrected chi connectivity index (χ1v) is 9.69. The molecule has 0 radical (unpaired) electrons. The number of piperazine rings is 1. The molecule has 1 atom stereocenters. The van der Waals surface area contributed by atoms with Gasteiger partial charge in [-0.25, -0.2) is 0 Å². The number of aromatic amines is 1. The van der Waals surface area contributed by atoms with Gasteiger partial charge in [-0.15, -0.1) is 0 Å². The van der Waals surface area contributed by atoms with Crippen molar-refractivity contribution in [1.82, 2.24) is 20.0 Å². The van der Waals surface area contributed by atoms with E-state index >= 15 is 0 Å². The van der Waals surface area contributed by atoms with Crippen molar-refractivity contribution in [3.63, 3.8) is 0 Å². The summed E-state index contributed by atoms with van der Waals surface area (Å²) in [5.41, 5.74) is 1.14. The quantitative estimate of drug-likeness (QED) is 0.730. The van der Waals surface area contributed by atoms with Gasteiger partial charge in [0.1, 0.15) is 17.2 Å². The smallest absolute Gasteiger partial charge is 0.274 e. The lowest BCUT2D eigenvalue weighted by atomic mass is 9.99. The highest BCUT2D eigenvalue weighted by Crippen LogP contribution is 2.24. The maximum atomic E-state index is 13.2. The molecule has 7 heteroatoms. The molecule has 1 amide bonds. The third-order valence-corrected chi connectivity index (χ3v) is 5.30. The summed E-state index contributed by atoms with van der Waals surface area (Å²) in [6.45, 7) is 9.27. The van der Waals surface area contributed by atoms with E-state index in [9.17, 15) is 4.79 Å². The Bertz CT molecular complexity index is 925. The number of carbonyl (C=O) groups excluding carboxylic acids is 1. The van der Waals surface area contributed by atoms with Gasteiger partial charge in [0, 0.05) is 31.7 Å². The van der Waals surface area contributed by atoms with Crippen LogP contribution in [0.15, 0.2) is 45.4 Å². The highest BCUT2D eigenvalue weighted by molar-refractivity contribution is 5.93. The molecule has 0 spiro atoms. The number of rotatable bonds is 5. The highest BCUT2D eigenvalue weighted by Gasteiger charge is 2.34. The Morgan fingerprint density at radius 3 is 2.86 bits per heavy atom. The number of hydrogen-bond acceptors (Lipinski definition) is 5. The maximum Gasteiger partial charge on any atom is 0.274 e. The second-order valence-electron chi connectivity index (χ2n) is 7.70. The fourth-order valence-electron chi connectivity index (χ4n) is 3.74. The first-order chi connectivity index (χ1) is 13.5. The standard InChI is InChI=1S/C21H26N4O3/c1-14(2)19-13-24(12-16-5-4-10-27-16)8-9-25(19)21(26)18-11-17(22-23-18)20-7-6-15(3)28-20/h4-7,10-11,14,19H,8-9,12-13H2,1-3H3,(H,22,23)/t19-/m1/s1. The first kappa shape index (κ1) is 18.6. The molecule has 7 nitrogen and oxygen atoms in total. The van der Waals surface area contributed by atoms with Crippen molar-refractivity contribution < 1.29 is 13.6 Å². The summed E-state index contributed by atoms with van der Waals surface area (Å²) in [5.74, 6) is 2.77. The van der Waals surface area contributed by atoms with E-state index in [4.69, 9.17) is 8.83 Å². The molecule has 1 saturated heterocycles. The van der Waals surface area contributed by atoms with Crippen molar-refractivity contribution in [1.29, 1.82) is 0 Å². The number of furan rings is 2. The molecular formula is C21H26N4O3. The van der Waals surface area contributed by atoms with Crippen molar-refractivity contribution in [2.24, 2.45) is 5.92 Å². The SMILES string of the molecule is Cc1ccc(-c2cc(C(=O)N3CCN(Cc4ccco4)C[C@@H]3C(C)C)n[nH]2)o1. The zero-order valence-corrected chi connectivity index (χ0v) is 16.5. The Balaban J connectivity index is 1.48. The number of aromatic nitrogens is 2. The Labute approximate surface area is 164 Å². The predicted octanol–water partition coefficient (Wildman–Crippen LogP) is 3.55. The summed E-state index contributed by atoms with van der Waals surface area (Å²) < 4.78 is 11.1. The summed E-state index contributed by atoms with van der Waals surface area (Å²) in [6, 6.07) is 9.57. The van der Waals surface area contributed by atoms with Crippen molar-refractivity contribution in [3.8, 4) is 11.5 Å². The van der Waals surface area contributed by atoms with Crippen LogP contribution in [-0.2, 0) is 6.54 Å². The van der Waals surface area contributed by atoms with Crippen LogP contribution in [0.3, 0.4) is 0 Å². The molecule has 4 heterocycles. The summed E-state index contributed by atoms with van der Waals surface area (Å²) in [5, 5.41) is 7.17. The van der Waals surface area contributed by atoms with E-state index in [-0.39, 0.29) is 11.9 Å². The third kappa shape index (κ3) is 3.75. The van der Waals surface area contributed by atoms with Crippen LogP contribution in [0, 0.1) is 12.8 Å². The average Bonchev–Trinajstić information content (AvgIpc) is 3.42. The van der Waals surface area contributed by atoms with Crippen molar-refractivity contribution in [2.75, 3.05) is 19.6 Å². The summed E-state index contributed by atoms with van der Waals surface area (Å²) in [4.78, 5) is 17.5. The fraction of sp³-hybridized carbons (Fsp3) is 0.429. The van der Waals surface area contributed by atoms with Gasteiger partial charge in [-0.05, 0) is 37.1 Å². The van der Waals surface area contributed by atoms with Crippen LogP contribution in [0.4, 0.5) is 0 Å². The summed E-state index contributed by atoms with van der Waals surface area (Å²) in [7, 11) is 0. The molecule has 0 bridgehead atoms. The lowest BCUT2D eigenvalue weighted by Crippen LogP contribution is -2.56. The van der Waals surface area contributed by atoms with Gasteiger partial charge in [-0.2, -0.15) is 5.10 Å². The normalized spacial score (nSPS) is 18.1. The first-order valence-electron chi connectivity index (χ1n) is 9.69. The number of nitrogens with zero attached hydrogens (tertiary/aromatic N) is 3. The van der Waals surface area contributed by atoms with Crippen molar-refractivity contribution >= 4 is 5.91 Å². The van der Waals surface area contributed by atoms with Crippen LogP contribution < -0.4 is 0 Å². The van der Waals surface area contributed by atoms with Crippen LogP contribution in [0.1, 0.15) is 35.9 Å². The molecule has 4 rings (SSSR count). The van der Waals surface area contributed by atoms with E-state index in [1.54, 1.807) is 12.3 Å². The second-order valence-corrected chi connectivity index (χ2v) is 7.70. The van der Waals surface area contributed by atoms with Gasteiger partial charge in [0.15, 0.2) is 11.5 Å². The van der Waals surface area contributed by atoms with Crippen LogP contribution in [0.5, 0.6) is 0 Å². The Kier molecular flexibility index (Phi) is 5.09. The largest absolute Gasteiger partial charge is 0.468 e. The third-order valence-electron chi connectivity index (χ3n) is 5.30. The van der Waals surface area contributed by atoms with Gasteiger partial charge in [-0.1, -0.05) is 13.8 Å². The number of nitrogens with one attached hydrogen (secondary N) is 1. The summed E-state index contributed by atoms with van der Waals surface area (Å²) >= 11 is 0. The zero-order chi connectivity index (χ0) is 19.7. The average molecular weight is 382 g/mol. The van der Waals surface area contributed by atoms with E-state index in [1.165, 1.54) is 0 Å². The molecule has 1 fully saturated rings. The maximum absolute atomic E-state index is 13.2. The molecule has 0 saturated carbocycles. The number of aryl methyl sites for hydroxylation is 1. The number of hydrogen-bond donors (Lipinski definition) is 1. The molecule has 3 aromatic rings. The van der Waals surface area contributed by atoms with E-state index in [0.29, 0.717) is 29.6 Å². The minimum Gasteiger partial charge on any atom is -0.468 e. The molecule has 148 valence electrons. The molecular weight excluding hydrogens is 356 g/mol. The lowest BCUT2D eigenvalue weighted by Gasteiger charge is -2.43. The van der Waals surface area contributed by atoms with Gasteiger partial charge in [0.05, 0.1) is 12.8 Å². The molecule has 1 N–H and O–H groups in total. The molecule has 0 aromatic carbocycles. The van der Waals surface area contributed by atoms with Gasteiger partial charge >= 0.3 is 0 Å². The van der Waals surface area contributed by atoms with E-state index in [2.05, 4.69) is 28.9 Å². The van der Waals surface area contributed by atoms with Crippen molar-refractivity contribution in [2.45, 2.75) is 33.4 Å². The zero-order valence-electron chi connectivity index (χ0n) is 16.5. The molecule has 1 aliphatic rings. The Morgan fingerprint density at radius 2 is 2.18 bits per heavy atom. The molecule has 0 unspecified atom stereocenters. The van der Waals surface area contributed by atoms with E-state index in [0.717, 1.165) is 31.2 Å². The molecule has 3 aromatic heterocycles. The number of amides is 1. The predicted molar refractivity (Wildman–Crippen MR) is 105 cm³/mol. The molecule has 0 aliphatic carbocycles. The van der Waals surface area contributed by atoms with E-state index < -0.39 is 0 Å². The van der Waals surface area contributed by atoms with Crippen LogP contribution in [0.2, 0.25) is 0 Å². The van der Waals surface area contributed by atoms with E-state index in [1.807, 2.05) is 36.1 Å². The van der Waals surface area contributed by atoms with Gasteiger partial charge in [-0.3, -0.25) is 14.8 Å². The Hall–Kier alpha value is -2.80. The number of carbonyl (C=O) groups is 1. The van der Waals surface area contributed by atoms with Crippen molar-refractivity contribution in [3.05, 3.63) is 53.8 Å². The topological polar surface area (TPSA) is 78.5 Å². The minimum absolute atomic E-state index is 0.0397. The highest BCUT2D eigenvalue weighted by atomic mass is 16.3. The fourth-order valence-corrected chi connectivity index (χ4v) is 3.74. The van der Waals surface area contributed by atoms with Gasteiger partial charge < -0.3 is 13.7 Å². The minimum atomic E-state index is -0.0397. The monoisotopic (exact) mass is 382 g/mol. The lowest BCUT2D eigenvalue weighted by molar-refractivity contribution is 0.0309. The van der Waals surface area contributed by atoms with Crippen LogP contribution in [0.25, 0.3) is 11.5 Å². The molecule has 28 heavy (non-hydrogen) atoms. The van der Waals surface area contributed by atoms with Crippen LogP contribution >= 0.6 is 0 Å². The Morgan fingerprint density at radius 1 is 1.32 bits per heavy atom. The van der Waals surface area contributed by atoms with Gasteiger partial charge in [0.2, 0.25) is 0 Å². The summed E-state index contributed by atoms with van der Waals surface area (Å²) in [6.07, 6.45) is 1.70. The number of H-pyrrole nitrogens is 1. The van der Waals surface area contributed by atoms with Gasteiger partial charge in [0.25, 0.3) is 5.91 Å². The van der Waals surface area contributed by atoms with Crippen LogP contribution in [-0.4, -0.2) is 51.6 Å². The molecule has 1 aliphatic heterocycles. The second kappa shape index (κ2) is 7.67.